The molecule has 0 unspecified atom stereocenters. The van der Waals surface area contributed by atoms with E-state index in [0.717, 1.165) is 71.2 Å². The summed E-state index contributed by atoms with van der Waals surface area (Å²) in [6.07, 6.45) is 7.79. The fraction of sp³-hybridized carbons (Fsp3) is 0.359. The van der Waals surface area contributed by atoms with Gasteiger partial charge in [-0.2, -0.15) is 4.98 Å². The van der Waals surface area contributed by atoms with Gasteiger partial charge in [-0.15, -0.1) is 0 Å². The number of rotatable bonds is 11. The average Bonchev–Trinajstić information content (AvgIpc) is 3.90. The number of β-amino-alcohol motifs (C(OH)–C–C–N with tert-alkyl or cyclic N) is 1. The van der Waals surface area contributed by atoms with Crippen LogP contribution in [0.1, 0.15) is 47.8 Å². The minimum Gasteiger partial charge on any atom is -0.481 e. The summed E-state index contributed by atoms with van der Waals surface area (Å²) in [6.45, 7) is 3.94. The highest BCUT2D eigenvalue weighted by atomic mass is 35.5. The van der Waals surface area contributed by atoms with E-state index >= 15 is 0 Å². The van der Waals surface area contributed by atoms with Crippen LogP contribution in [0.3, 0.4) is 0 Å². The molecular weight excluding hydrogens is 682 g/mol. The summed E-state index contributed by atoms with van der Waals surface area (Å²) in [4.78, 5) is 34.3. The molecule has 3 atom stereocenters. The smallest absolute Gasteiger partial charge is 0.307 e. The number of aliphatic carboxylic acids is 1. The predicted molar refractivity (Wildman–Crippen MR) is 197 cm³/mol. The molecule has 13 heteroatoms. The van der Waals surface area contributed by atoms with E-state index in [4.69, 9.17) is 26.1 Å². The van der Waals surface area contributed by atoms with Crippen LogP contribution in [0.4, 0.5) is 11.5 Å². The van der Waals surface area contributed by atoms with Crippen molar-refractivity contribution in [2.24, 2.45) is 5.92 Å². The van der Waals surface area contributed by atoms with Gasteiger partial charge in [-0.25, -0.2) is 9.97 Å². The number of likely N-dealkylation sites (tertiary alicyclic amines) is 2. The maximum Gasteiger partial charge on any atom is 0.307 e. The number of methoxy groups -OCH3 is 1. The number of carboxylic acids is 1. The molecule has 3 aromatic heterocycles. The fourth-order valence-corrected chi connectivity index (χ4v) is 7.97. The first-order valence-corrected chi connectivity index (χ1v) is 18.0. The van der Waals surface area contributed by atoms with Gasteiger partial charge in [-0.05, 0) is 72.7 Å². The van der Waals surface area contributed by atoms with Crippen LogP contribution in [0.15, 0.2) is 67.1 Å². The summed E-state index contributed by atoms with van der Waals surface area (Å²) in [6, 6.07) is 16.3. The van der Waals surface area contributed by atoms with Crippen LogP contribution in [0.2, 0.25) is 5.02 Å². The zero-order chi connectivity index (χ0) is 35.8. The highest BCUT2D eigenvalue weighted by Crippen LogP contribution is 2.43. The second-order valence-electron chi connectivity index (χ2n) is 13.8. The topological polar surface area (TPSA) is 146 Å². The van der Waals surface area contributed by atoms with Crippen LogP contribution in [-0.4, -0.2) is 85.3 Å². The lowest BCUT2D eigenvalue weighted by Crippen LogP contribution is -2.23. The number of carboxylic acid groups (broad SMARTS) is 1. The van der Waals surface area contributed by atoms with Crippen LogP contribution in [0.25, 0.3) is 22.0 Å². The van der Waals surface area contributed by atoms with E-state index in [1.807, 2.05) is 36.5 Å². The molecule has 3 N–H and O–H groups in total. The summed E-state index contributed by atoms with van der Waals surface area (Å²) < 4.78 is 12.0. The third-order valence-electron chi connectivity index (χ3n) is 10.3. The highest BCUT2D eigenvalue weighted by molar-refractivity contribution is 6.36. The van der Waals surface area contributed by atoms with Crippen LogP contribution in [-0.2, 0) is 24.3 Å². The molecule has 0 saturated carbocycles. The molecule has 12 nitrogen and oxygen atoms in total. The first-order valence-electron chi connectivity index (χ1n) is 17.7. The standard InChI is InChI=1S/C39H40ClN7O5/c1-51-38-32(22-47-14-11-25(20-47)39(49)50)42-18-34(45-38)52-33-9-8-28-27(4-2-5-29(28)33)30-6-3-7-31(35(30)40)44-37-36-24(10-13-41-37)16-23(17-43-36)19-46-15-12-26(48)21-46/h2-7,10,13,16-18,25-26,33,48H,8-9,11-12,14-15,19-22H2,1H3,(H,41,44)(H,49,50)/t25-,26+,33-/m1/s1. The van der Waals surface area contributed by atoms with Crippen molar-refractivity contribution >= 4 is 40.0 Å². The van der Waals surface area contributed by atoms with Crippen molar-refractivity contribution in [1.82, 2.24) is 29.7 Å². The van der Waals surface area contributed by atoms with E-state index in [2.05, 4.69) is 48.3 Å². The van der Waals surface area contributed by atoms with Crippen LogP contribution < -0.4 is 14.8 Å². The third kappa shape index (κ3) is 6.99. The molecule has 268 valence electrons. The lowest BCUT2D eigenvalue weighted by molar-refractivity contribution is -0.141. The fourth-order valence-electron chi connectivity index (χ4n) is 7.70. The maximum atomic E-state index is 11.4. The second-order valence-corrected chi connectivity index (χ2v) is 14.2. The van der Waals surface area contributed by atoms with Gasteiger partial charge in [0.1, 0.15) is 17.3 Å². The molecule has 2 fully saturated rings. The Morgan fingerprint density at radius 1 is 0.981 bits per heavy atom. The lowest BCUT2D eigenvalue weighted by Gasteiger charge is -2.18. The van der Waals surface area contributed by atoms with Crippen molar-refractivity contribution in [3.8, 4) is 22.9 Å². The van der Waals surface area contributed by atoms with Gasteiger partial charge in [-0.3, -0.25) is 19.6 Å². The van der Waals surface area contributed by atoms with Gasteiger partial charge in [0.05, 0.1) is 36.0 Å². The predicted octanol–water partition coefficient (Wildman–Crippen LogP) is 6.03. The number of halogens is 1. The SMILES string of the molecule is COc1nc(O[C@@H]2CCc3c(-c4cccc(Nc5nccc6cc(CN7CC[C@H](O)C7)cnc56)c4Cl)cccc32)cnc1CN1CC[C@@H](C(=O)O)C1. The number of carbonyl (C=O) groups is 1. The zero-order valence-corrected chi connectivity index (χ0v) is 29.6. The molecule has 0 bridgehead atoms. The normalized spacial score (nSPS) is 20.3. The number of aromatic nitrogens is 4. The molecule has 0 amide bonds. The van der Waals surface area contributed by atoms with Crippen LogP contribution in [0, 0.1) is 5.92 Å². The number of hydrogen-bond acceptors (Lipinski definition) is 11. The number of benzene rings is 2. The summed E-state index contributed by atoms with van der Waals surface area (Å²) in [5.74, 6) is 0.239. The molecule has 3 aliphatic rings. The minimum atomic E-state index is -0.766. The van der Waals surface area contributed by atoms with Crippen LogP contribution >= 0.6 is 11.6 Å². The second kappa shape index (κ2) is 14.6. The van der Waals surface area contributed by atoms with E-state index in [0.29, 0.717) is 60.9 Å². The van der Waals surface area contributed by atoms with Gasteiger partial charge < -0.3 is 25.0 Å². The highest BCUT2D eigenvalue weighted by Gasteiger charge is 2.31. The molecular formula is C39H40ClN7O5. The molecule has 52 heavy (non-hydrogen) atoms. The molecule has 0 radical (unpaired) electrons. The largest absolute Gasteiger partial charge is 0.481 e. The van der Waals surface area contributed by atoms with Crippen molar-refractivity contribution in [1.29, 1.82) is 0 Å². The molecule has 0 spiro atoms. The maximum absolute atomic E-state index is 11.4. The average molecular weight is 722 g/mol. The Morgan fingerprint density at radius 3 is 2.62 bits per heavy atom. The first-order chi connectivity index (χ1) is 25.3. The Kier molecular flexibility index (Phi) is 9.63. The van der Waals surface area contributed by atoms with Gasteiger partial charge >= 0.3 is 5.97 Å². The summed E-state index contributed by atoms with van der Waals surface area (Å²) in [5.41, 5.74) is 7.43. The Labute approximate surface area is 306 Å². The van der Waals surface area contributed by atoms with E-state index < -0.39 is 5.97 Å². The van der Waals surface area contributed by atoms with E-state index in [9.17, 15) is 15.0 Å². The number of ether oxygens (including phenoxy) is 2. The first kappa shape index (κ1) is 34.2. The number of aliphatic hydroxyl groups excluding tert-OH is 1. The van der Waals surface area contributed by atoms with E-state index in [1.165, 1.54) is 5.56 Å². The van der Waals surface area contributed by atoms with Gasteiger partial charge in [0.25, 0.3) is 0 Å². The number of nitrogens with zero attached hydrogens (tertiary/aromatic N) is 6. The Morgan fingerprint density at radius 2 is 1.81 bits per heavy atom. The van der Waals surface area contributed by atoms with Gasteiger partial charge in [0.2, 0.25) is 11.8 Å². The molecule has 2 aromatic carbocycles. The zero-order valence-electron chi connectivity index (χ0n) is 28.8. The molecule has 5 aromatic rings. The lowest BCUT2D eigenvalue weighted by atomic mass is 9.96. The number of fused-ring (bicyclic) bond motifs is 2. The number of pyridine rings is 2. The molecule has 1 aliphatic carbocycles. The number of hydrogen-bond donors (Lipinski definition) is 3. The van der Waals surface area contributed by atoms with E-state index in [-0.39, 0.29) is 18.1 Å². The van der Waals surface area contributed by atoms with Crippen molar-refractivity contribution in [2.75, 3.05) is 38.6 Å². The van der Waals surface area contributed by atoms with Gasteiger partial charge in [0, 0.05) is 56.1 Å². The summed E-state index contributed by atoms with van der Waals surface area (Å²) >= 11 is 7.14. The van der Waals surface area contributed by atoms with Crippen molar-refractivity contribution < 1.29 is 24.5 Å². The quantitative estimate of drug-likeness (QED) is 0.146. The van der Waals surface area contributed by atoms with Gasteiger partial charge in [0.15, 0.2) is 5.82 Å². The third-order valence-corrected chi connectivity index (χ3v) is 10.7. The summed E-state index contributed by atoms with van der Waals surface area (Å²) in [7, 11) is 1.55. The Bertz CT molecular complexity index is 2130. The summed E-state index contributed by atoms with van der Waals surface area (Å²) in [5, 5.41) is 24.3. The number of nitrogens with one attached hydrogen (secondary N) is 1. The molecule has 8 rings (SSSR count). The van der Waals surface area contributed by atoms with E-state index in [1.54, 1.807) is 19.5 Å². The van der Waals surface area contributed by atoms with Gasteiger partial charge in [-0.1, -0.05) is 41.9 Å². The number of aliphatic hydroxyl groups is 1. The Hall–Kier alpha value is -4.88. The van der Waals surface area contributed by atoms with Crippen molar-refractivity contribution in [2.45, 2.75) is 51.0 Å². The molecule has 2 aliphatic heterocycles. The molecule has 2 saturated heterocycles. The minimum absolute atomic E-state index is 0.221. The van der Waals surface area contributed by atoms with Crippen molar-refractivity contribution in [3.63, 3.8) is 0 Å². The monoisotopic (exact) mass is 721 g/mol. The Balaban J connectivity index is 0.992. The van der Waals surface area contributed by atoms with Crippen molar-refractivity contribution in [3.05, 3.63) is 94.5 Å². The number of anilines is 2. The van der Waals surface area contributed by atoms with Crippen LogP contribution in [0.5, 0.6) is 11.8 Å². The molecule has 5 heterocycles.